The molecule has 1 fully saturated rings. The van der Waals surface area contributed by atoms with E-state index < -0.39 is 5.91 Å². The molecule has 2 aliphatic rings. The number of ether oxygens (including phenoxy) is 1. The quantitative estimate of drug-likeness (QED) is 0.624. The average Bonchev–Trinajstić information content (AvgIpc) is 3.09. The van der Waals surface area contributed by atoms with E-state index in [1.54, 1.807) is 4.68 Å². The fraction of sp³-hybridized carbons (Fsp3) is 0.273. The Morgan fingerprint density at radius 2 is 1.79 bits per heavy atom. The number of nitrogens with two attached hydrogens (primary N) is 1. The second kappa shape index (κ2) is 7.25. The molecule has 3 heterocycles. The summed E-state index contributed by atoms with van der Waals surface area (Å²) in [7, 11) is 0. The summed E-state index contributed by atoms with van der Waals surface area (Å²) in [6.07, 6.45) is 1.00. The molecule has 1 amide bonds. The number of nitrogens with one attached hydrogen (secondary N) is 2. The van der Waals surface area contributed by atoms with Crippen molar-refractivity contribution >= 4 is 5.91 Å². The Hall–Kier alpha value is -3.32. The van der Waals surface area contributed by atoms with Crippen LogP contribution in [0.15, 0.2) is 54.6 Å². The predicted octanol–water partition coefficient (Wildman–Crippen LogP) is 2.69. The molecule has 4 N–H and O–H groups in total. The third-order valence-corrected chi connectivity index (χ3v) is 5.68. The molecule has 1 saturated heterocycles. The third-order valence-electron chi connectivity index (χ3n) is 5.68. The fourth-order valence-electron chi connectivity index (χ4n) is 4.08. The lowest BCUT2D eigenvalue weighted by Crippen LogP contribution is -2.48. The molecule has 3 aromatic rings. The average molecular weight is 389 g/mol. The Bertz CT molecular complexity index is 1030. The van der Waals surface area contributed by atoms with Crippen LogP contribution in [0.4, 0.5) is 0 Å². The number of imidazole rings is 1. The number of carbonyl (C=O) groups is 1. The number of fused-ring (bicyclic) bond motifs is 1. The lowest BCUT2D eigenvalue weighted by molar-refractivity contribution is 0.0992. The molecule has 0 aliphatic carbocycles. The molecule has 1 unspecified atom stereocenters. The number of nitrogens with zero attached hydrogens (tertiary/aromatic N) is 2. The molecular formula is C22H23N5O2. The number of primary amides is 1. The monoisotopic (exact) mass is 389 g/mol. The highest BCUT2D eigenvalue weighted by atomic mass is 16.5. The first-order valence-electron chi connectivity index (χ1n) is 9.91. The number of carbonyl (C=O) groups excluding carboxylic acids is 1. The number of amides is 1. The minimum absolute atomic E-state index is 0.324. The molecule has 7 heteroatoms. The summed E-state index contributed by atoms with van der Waals surface area (Å²) >= 11 is 0. The molecule has 29 heavy (non-hydrogen) atoms. The van der Waals surface area contributed by atoms with E-state index in [1.165, 1.54) is 0 Å². The van der Waals surface area contributed by atoms with Crippen molar-refractivity contribution in [2.24, 2.45) is 11.7 Å². The molecule has 7 nitrogen and oxygen atoms in total. The van der Waals surface area contributed by atoms with E-state index in [2.05, 4.69) is 10.7 Å². The summed E-state index contributed by atoms with van der Waals surface area (Å²) in [6.45, 7) is 2.78. The van der Waals surface area contributed by atoms with E-state index in [9.17, 15) is 4.79 Å². The Balaban J connectivity index is 1.49. The molecule has 0 spiro atoms. The number of rotatable bonds is 5. The van der Waals surface area contributed by atoms with Gasteiger partial charge in [0.05, 0.1) is 0 Å². The smallest absolute Gasteiger partial charge is 0.269 e. The van der Waals surface area contributed by atoms with Gasteiger partial charge in [-0.3, -0.25) is 4.79 Å². The highest BCUT2D eigenvalue weighted by Crippen LogP contribution is 2.36. The van der Waals surface area contributed by atoms with Crippen LogP contribution in [0.3, 0.4) is 0 Å². The molecular weight excluding hydrogens is 366 g/mol. The van der Waals surface area contributed by atoms with Crippen LogP contribution in [-0.4, -0.2) is 35.2 Å². The molecule has 0 bridgehead atoms. The number of hydrogen-bond acceptors (Lipinski definition) is 5. The van der Waals surface area contributed by atoms with E-state index in [1.807, 2.05) is 54.6 Å². The van der Waals surface area contributed by atoms with E-state index in [0.29, 0.717) is 23.2 Å². The van der Waals surface area contributed by atoms with Crippen LogP contribution < -0.4 is 21.2 Å². The fourth-order valence-corrected chi connectivity index (χ4v) is 4.08. The summed E-state index contributed by atoms with van der Waals surface area (Å²) in [5.74, 6) is 2.79. The number of para-hydroxylation sites is 1. The molecule has 2 aliphatic heterocycles. The van der Waals surface area contributed by atoms with Crippen molar-refractivity contribution < 1.29 is 9.53 Å². The van der Waals surface area contributed by atoms with Crippen molar-refractivity contribution in [2.75, 3.05) is 25.1 Å². The summed E-state index contributed by atoms with van der Waals surface area (Å²) in [5, 5.41) is 3.33. The van der Waals surface area contributed by atoms with Gasteiger partial charge in [-0.2, -0.15) is 0 Å². The van der Waals surface area contributed by atoms with Gasteiger partial charge in [0.1, 0.15) is 23.0 Å². The van der Waals surface area contributed by atoms with Gasteiger partial charge in [0, 0.05) is 18.0 Å². The van der Waals surface area contributed by atoms with Crippen LogP contribution in [0.1, 0.15) is 28.7 Å². The van der Waals surface area contributed by atoms with Gasteiger partial charge in [-0.1, -0.05) is 18.2 Å². The van der Waals surface area contributed by atoms with E-state index in [4.69, 9.17) is 15.5 Å². The van der Waals surface area contributed by atoms with Crippen LogP contribution in [0, 0.1) is 5.92 Å². The van der Waals surface area contributed by atoms with Crippen molar-refractivity contribution in [3.05, 3.63) is 66.1 Å². The summed E-state index contributed by atoms with van der Waals surface area (Å²) in [4.78, 5) is 17.2. The molecule has 2 aromatic carbocycles. The minimum Gasteiger partial charge on any atom is -0.457 e. The zero-order valence-electron chi connectivity index (χ0n) is 16.0. The van der Waals surface area contributed by atoms with Gasteiger partial charge in [-0.25, -0.2) is 9.66 Å². The van der Waals surface area contributed by atoms with Gasteiger partial charge in [0.15, 0.2) is 5.69 Å². The van der Waals surface area contributed by atoms with Gasteiger partial charge in [0.2, 0.25) is 0 Å². The van der Waals surface area contributed by atoms with Crippen molar-refractivity contribution in [1.29, 1.82) is 0 Å². The Labute approximate surface area is 168 Å². The second-order valence-electron chi connectivity index (χ2n) is 7.53. The standard InChI is InChI=1S/C22H23N5O2/c23-21(28)20-19(26-22-18(15-12-24-13-15)10-11-25-27(20)22)14-6-8-17(9-7-14)29-16-4-2-1-3-5-16/h1-9,15,18,24-25H,10-13H2,(H2,23,28). The van der Waals surface area contributed by atoms with Gasteiger partial charge in [-0.05, 0) is 61.8 Å². The Kier molecular flexibility index (Phi) is 4.44. The highest BCUT2D eigenvalue weighted by molar-refractivity contribution is 5.97. The normalized spacial score (nSPS) is 18.4. The maximum atomic E-state index is 12.3. The zero-order chi connectivity index (χ0) is 19.8. The highest BCUT2D eigenvalue weighted by Gasteiger charge is 2.36. The molecule has 148 valence electrons. The van der Waals surface area contributed by atoms with Crippen LogP contribution in [0.25, 0.3) is 11.3 Å². The minimum atomic E-state index is -0.483. The number of hydrogen-bond donors (Lipinski definition) is 3. The van der Waals surface area contributed by atoms with Gasteiger partial charge >= 0.3 is 0 Å². The number of aromatic nitrogens is 2. The lowest BCUT2D eigenvalue weighted by Gasteiger charge is -2.37. The van der Waals surface area contributed by atoms with Gasteiger partial charge in [-0.15, -0.1) is 0 Å². The number of benzene rings is 2. The maximum Gasteiger partial charge on any atom is 0.269 e. The third kappa shape index (κ3) is 3.23. The summed E-state index contributed by atoms with van der Waals surface area (Å²) in [6, 6.07) is 17.2. The van der Waals surface area contributed by atoms with E-state index >= 15 is 0 Å². The van der Waals surface area contributed by atoms with Crippen LogP contribution in [-0.2, 0) is 0 Å². The molecule has 1 aromatic heterocycles. The first-order valence-corrected chi connectivity index (χ1v) is 9.91. The van der Waals surface area contributed by atoms with Crippen LogP contribution in [0.5, 0.6) is 11.5 Å². The van der Waals surface area contributed by atoms with Crippen molar-refractivity contribution in [1.82, 2.24) is 15.0 Å². The van der Waals surface area contributed by atoms with Crippen molar-refractivity contribution in [2.45, 2.75) is 12.3 Å². The molecule has 1 atom stereocenters. The van der Waals surface area contributed by atoms with Crippen LogP contribution >= 0.6 is 0 Å². The first-order chi connectivity index (χ1) is 14.2. The van der Waals surface area contributed by atoms with Crippen LogP contribution in [0.2, 0.25) is 0 Å². The molecule has 5 rings (SSSR count). The van der Waals surface area contributed by atoms with Gasteiger partial charge < -0.3 is 21.2 Å². The SMILES string of the molecule is NC(=O)c1c(-c2ccc(Oc3ccccc3)cc2)nc2n1NCCC2C1CNC1. The summed E-state index contributed by atoms with van der Waals surface area (Å²) < 4.78 is 7.67. The first kappa shape index (κ1) is 17.8. The lowest BCUT2D eigenvalue weighted by atomic mass is 9.84. The molecule has 0 radical (unpaired) electrons. The van der Waals surface area contributed by atoms with E-state index in [0.717, 1.165) is 48.9 Å². The van der Waals surface area contributed by atoms with Gasteiger partial charge in [0.25, 0.3) is 5.91 Å². The molecule has 0 saturated carbocycles. The largest absolute Gasteiger partial charge is 0.457 e. The van der Waals surface area contributed by atoms with Crippen molar-refractivity contribution in [3.8, 4) is 22.8 Å². The predicted molar refractivity (Wildman–Crippen MR) is 111 cm³/mol. The maximum absolute atomic E-state index is 12.3. The summed E-state index contributed by atoms with van der Waals surface area (Å²) in [5.41, 5.74) is 10.9. The topological polar surface area (TPSA) is 94.2 Å². The Morgan fingerprint density at radius 3 is 2.45 bits per heavy atom. The zero-order valence-corrected chi connectivity index (χ0v) is 16.0. The second-order valence-corrected chi connectivity index (χ2v) is 7.53. The van der Waals surface area contributed by atoms with Crippen molar-refractivity contribution in [3.63, 3.8) is 0 Å². The Morgan fingerprint density at radius 1 is 1.07 bits per heavy atom. The van der Waals surface area contributed by atoms with E-state index in [-0.39, 0.29) is 0 Å².